The van der Waals surface area contributed by atoms with Gasteiger partial charge in [0.05, 0.1) is 13.3 Å². The van der Waals surface area contributed by atoms with E-state index in [0.717, 1.165) is 18.5 Å². The molecule has 1 aromatic heterocycles. The van der Waals surface area contributed by atoms with E-state index < -0.39 is 6.10 Å². The highest BCUT2D eigenvalue weighted by atomic mass is 16.5. The van der Waals surface area contributed by atoms with Crippen molar-refractivity contribution < 1.29 is 9.84 Å². The van der Waals surface area contributed by atoms with E-state index in [2.05, 4.69) is 12.0 Å². The van der Waals surface area contributed by atoms with Gasteiger partial charge in [0.25, 0.3) is 0 Å². The third kappa shape index (κ3) is 2.46. The van der Waals surface area contributed by atoms with Gasteiger partial charge >= 0.3 is 0 Å². The van der Waals surface area contributed by atoms with E-state index in [1.807, 2.05) is 7.05 Å². The van der Waals surface area contributed by atoms with Gasteiger partial charge in [-0.2, -0.15) is 5.10 Å². The molecule has 0 aliphatic heterocycles. The molecule has 0 aromatic carbocycles. The first-order valence-electron chi connectivity index (χ1n) is 6.37. The van der Waals surface area contributed by atoms with Gasteiger partial charge in [0, 0.05) is 7.05 Å². The minimum Gasteiger partial charge on any atom is -0.493 e. The van der Waals surface area contributed by atoms with E-state index in [-0.39, 0.29) is 0 Å². The Balaban J connectivity index is 2.17. The van der Waals surface area contributed by atoms with E-state index in [1.165, 1.54) is 12.8 Å². The number of ether oxygens (including phenoxy) is 1. The summed E-state index contributed by atoms with van der Waals surface area (Å²) >= 11 is 0. The molecule has 2 rings (SSSR count). The topological polar surface area (TPSA) is 47.3 Å². The highest BCUT2D eigenvalue weighted by molar-refractivity contribution is 5.27. The van der Waals surface area contributed by atoms with Gasteiger partial charge in [-0.1, -0.05) is 19.8 Å². The fourth-order valence-corrected chi connectivity index (χ4v) is 2.91. The number of rotatable bonds is 3. The molecule has 1 aromatic rings. The van der Waals surface area contributed by atoms with Crippen molar-refractivity contribution in [2.45, 2.75) is 38.7 Å². The Morgan fingerprint density at radius 1 is 1.53 bits per heavy atom. The van der Waals surface area contributed by atoms with Gasteiger partial charge in [0.15, 0.2) is 5.75 Å². The average molecular weight is 238 g/mol. The standard InChI is InChI=1S/C13H22N2O2/c1-9-5-4-6-10(7-9)13(16)12-11(17-3)8-14-15(12)2/h8-10,13,16H,4-7H2,1-3H3. The first-order valence-corrected chi connectivity index (χ1v) is 6.37. The highest BCUT2D eigenvalue weighted by Crippen LogP contribution is 2.39. The predicted molar refractivity (Wildman–Crippen MR) is 65.8 cm³/mol. The van der Waals surface area contributed by atoms with Gasteiger partial charge in [0.1, 0.15) is 11.8 Å². The predicted octanol–water partition coefficient (Wildman–Crippen LogP) is 2.29. The van der Waals surface area contributed by atoms with Crippen LogP contribution < -0.4 is 4.74 Å². The maximum Gasteiger partial charge on any atom is 0.162 e. The lowest BCUT2D eigenvalue weighted by Crippen LogP contribution is -2.22. The zero-order valence-corrected chi connectivity index (χ0v) is 10.9. The summed E-state index contributed by atoms with van der Waals surface area (Å²) in [7, 11) is 3.48. The number of aromatic nitrogens is 2. The lowest BCUT2D eigenvalue weighted by molar-refractivity contribution is 0.0628. The molecule has 0 amide bonds. The van der Waals surface area contributed by atoms with Crippen molar-refractivity contribution in [2.24, 2.45) is 18.9 Å². The van der Waals surface area contributed by atoms with Crippen LogP contribution in [-0.2, 0) is 7.05 Å². The molecular weight excluding hydrogens is 216 g/mol. The Kier molecular flexibility index (Phi) is 3.72. The van der Waals surface area contributed by atoms with Crippen LogP contribution >= 0.6 is 0 Å². The van der Waals surface area contributed by atoms with Crippen LogP contribution in [0.3, 0.4) is 0 Å². The van der Waals surface area contributed by atoms with Crippen LogP contribution in [0.2, 0.25) is 0 Å². The molecule has 1 N–H and O–H groups in total. The van der Waals surface area contributed by atoms with Gasteiger partial charge in [-0.15, -0.1) is 0 Å². The molecule has 3 atom stereocenters. The van der Waals surface area contributed by atoms with Crippen molar-refractivity contribution in [3.05, 3.63) is 11.9 Å². The summed E-state index contributed by atoms with van der Waals surface area (Å²) in [5.74, 6) is 1.74. The summed E-state index contributed by atoms with van der Waals surface area (Å²) in [5.41, 5.74) is 0.812. The van der Waals surface area contributed by atoms with E-state index >= 15 is 0 Å². The summed E-state index contributed by atoms with van der Waals surface area (Å²) in [6.07, 6.45) is 5.90. The maximum absolute atomic E-state index is 10.5. The molecule has 1 aliphatic rings. The number of nitrogens with zero attached hydrogens (tertiary/aromatic N) is 2. The number of aliphatic hydroxyl groups is 1. The van der Waals surface area contributed by atoms with Crippen LogP contribution in [0.5, 0.6) is 5.75 Å². The lowest BCUT2D eigenvalue weighted by atomic mass is 9.79. The fourth-order valence-electron chi connectivity index (χ4n) is 2.91. The first-order chi connectivity index (χ1) is 8.13. The molecule has 0 spiro atoms. The zero-order valence-electron chi connectivity index (χ0n) is 10.9. The monoisotopic (exact) mass is 238 g/mol. The van der Waals surface area contributed by atoms with E-state index in [9.17, 15) is 5.11 Å². The van der Waals surface area contributed by atoms with Gasteiger partial charge in [0.2, 0.25) is 0 Å². The van der Waals surface area contributed by atoms with Crippen LogP contribution in [0.1, 0.15) is 44.4 Å². The molecule has 4 nitrogen and oxygen atoms in total. The fraction of sp³-hybridized carbons (Fsp3) is 0.769. The quantitative estimate of drug-likeness (QED) is 0.879. The Bertz CT molecular complexity index is 375. The van der Waals surface area contributed by atoms with Crippen LogP contribution in [0.4, 0.5) is 0 Å². The molecule has 1 fully saturated rings. The van der Waals surface area contributed by atoms with Crippen molar-refractivity contribution in [3.63, 3.8) is 0 Å². The Labute approximate surface area is 103 Å². The second-order valence-electron chi connectivity index (χ2n) is 5.20. The van der Waals surface area contributed by atoms with Crippen LogP contribution in [0, 0.1) is 11.8 Å². The summed E-state index contributed by atoms with van der Waals surface area (Å²) in [6, 6.07) is 0. The first kappa shape index (κ1) is 12.4. The number of methoxy groups -OCH3 is 1. The number of hydrogen-bond acceptors (Lipinski definition) is 3. The molecule has 4 heteroatoms. The summed E-state index contributed by atoms with van der Waals surface area (Å²) in [5, 5.41) is 14.7. The Morgan fingerprint density at radius 2 is 2.29 bits per heavy atom. The summed E-state index contributed by atoms with van der Waals surface area (Å²) in [6.45, 7) is 2.26. The van der Waals surface area contributed by atoms with Gasteiger partial charge in [-0.25, -0.2) is 0 Å². The van der Waals surface area contributed by atoms with E-state index in [0.29, 0.717) is 17.6 Å². The van der Waals surface area contributed by atoms with Gasteiger partial charge in [-0.05, 0) is 24.7 Å². The van der Waals surface area contributed by atoms with Gasteiger partial charge < -0.3 is 9.84 Å². The molecule has 1 heterocycles. The van der Waals surface area contributed by atoms with Crippen molar-refractivity contribution >= 4 is 0 Å². The summed E-state index contributed by atoms with van der Waals surface area (Å²) < 4.78 is 6.99. The SMILES string of the molecule is COc1cnn(C)c1C(O)C1CCCC(C)C1. The molecule has 1 saturated carbocycles. The molecule has 96 valence electrons. The average Bonchev–Trinajstić information content (AvgIpc) is 2.69. The highest BCUT2D eigenvalue weighted by Gasteiger charge is 2.30. The second kappa shape index (κ2) is 5.08. The molecule has 3 unspecified atom stereocenters. The Morgan fingerprint density at radius 3 is 2.94 bits per heavy atom. The maximum atomic E-state index is 10.5. The molecule has 0 bridgehead atoms. The number of hydrogen-bond donors (Lipinski definition) is 1. The minimum atomic E-state index is -0.458. The zero-order chi connectivity index (χ0) is 12.4. The van der Waals surface area contributed by atoms with Crippen LogP contribution in [-0.4, -0.2) is 22.0 Å². The number of aryl methyl sites for hydroxylation is 1. The van der Waals surface area contributed by atoms with Crippen LogP contribution in [0.25, 0.3) is 0 Å². The van der Waals surface area contributed by atoms with Crippen molar-refractivity contribution in [3.8, 4) is 5.75 Å². The van der Waals surface area contributed by atoms with E-state index in [1.54, 1.807) is 18.0 Å². The number of aliphatic hydroxyl groups excluding tert-OH is 1. The van der Waals surface area contributed by atoms with Crippen molar-refractivity contribution in [1.82, 2.24) is 9.78 Å². The van der Waals surface area contributed by atoms with Gasteiger partial charge in [-0.3, -0.25) is 4.68 Å². The smallest absolute Gasteiger partial charge is 0.162 e. The van der Waals surface area contributed by atoms with Crippen molar-refractivity contribution in [1.29, 1.82) is 0 Å². The largest absolute Gasteiger partial charge is 0.493 e. The molecule has 1 aliphatic carbocycles. The Hall–Kier alpha value is -1.03. The summed E-state index contributed by atoms with van der Waals surface area (Å²) in [4.78, 5) is 0. The minimum absolute atomic E-state index is 0.336. The lowest BCUT2D eigenvalue weighted by Gasteiger charge is -2.30. The van der Waals surface area contributed by atoms with Crippen molar-refractivity contribution in [2.75, 3.05) is 7.11 Å². The second-order valence-corrected chi connectivity index (χ2v) is 5.20. The molecule has 17 heavy (non-hydrogen) atoms. The normalized spacial score (nSPS) is 26.8. The van der Waals surface area contributed by atoms with E-state index in [4.69, 9.17) is 4.74 Å². The molecular formula is C13H22N2O2. The third-order valence-electron chi connectivity index (χ3n) is 3.87. The van der Waals surface area contributed by atoms with Crippen LogP contribution in [0.15, 0.2) is 6.20 Å². The third-order valence-corrected chi connectivity index (χ3v) is 3.87. The molecule has 0 saturated heterocycles. The molecule has 0 radical (unpaired) electrons.